The first-order valence-corrected chi connectivity index (χ1v) is 8.55. The maximum atomic E-state index is 11.3. The molecule has 3 rings (SSSR count). The van der Waals surface area contributed by atoms with E-state index in [-0.39, 0.29) is 5.78 Å². The Morgan fingerprint density at radius 3 is 2.22 bits per heavy atom. The highest BCUT2D eigenvalue weighted by Crippen LogP contribution is 2.32. The fraction of sp³-hybridized carbons (Fsp3) is 0.381. The van der Waals surface area contributed by atoms with Gasteiger partial charge in [0.05, 0.1) is 0 Å². The Balaban J connectivity index is 1.56. The molecule has 0 aromatic heterocycles. The smallest absolute Gasteiger partial charge is 0.159 e. The monoisotopic (exact) mass is 308 g/mol. The van der Waals surface area contributed by atoms with Crippen LogP contribution in [0, 0.1) is 0 Å². The predicted octanol–water partition coefficient (Wildman–Crippen LogP) is 5.52. The first kappa shape index (κ1) is 15.8. The lowest BCUT2D eigenvalue weighted by Gasteiger charge is -2.22. The van der Waals surface area contributed by atoms with Crippen LogP contribution in [0.3, 0.4) is 0 Å². The van der Waals surface area contributed by atoms with Crippen LogP contribution in [0.5, 0.6) is 5.75 Å². The van der Waals surface area contributed by atoms with E-state index >= 15 is 0 Å². The summed E-state index contributed by atoms with van der Waals surface area (Å²) >= 11 is 0. The Hall–Kier alpha value is -2.09. The van der Waals surface area contributed by atoms with Gasteiger partial charge in [-0.05, 0) is 61.1 Å². The van der Waals surface area contributed by atoms with E-state index in [0.29, 0.717) is 12.2 Å². The molecule has 2 aromatic carbocycles. The number of Topliss-reactive ketones (excluding diaryl/α,β-unsaturated/α-hetero) is 1. The molecule has 0 saturated heterocycles. The second kappa shape index (κ2) is 7.45. The van der Waals surface area contributed by atoms with E-state index < -0.39 is 0 Å². The van der Waals surface area contributed by atoms with Gasteiger partial charge in [0, 0.05) is 5.56 Å². The SMILES string of the molecule is CC(=O)c1ccc(OCc2ccc(C3CCCCC3)cc2)cc1. The zero-order chi connectivity index (χ0) is 16.1. The van der Waals surface area contributed by atoms with E-state index in [1.54, 1.807) is 6.92 Å². The Kier molecular flexibility index (Phi) is 5.12. The number of ketones is 1. The molecule has 0 radical (unpaired) electrons. The average Bonchev–Trinajstić information content (AvgIpc) is 2.61. The summed E-state index contributed by atoms with van der Waals surface area (Å²) in [6, 6.07) is 16.2. The van der Waals surface area contributed by atoms with Crippen LogP contribution in [0.15, 0.2) is 48.5 Å². The van der Waals surface area contributed by atoms with Crippen molar-refractivity contribution in [3.8, 4) is 5.75 Å². The molecule has 23 heavy (non-hydrogen) atoms. The number of carbonyl (C=O) groups is 1. The van der Waals surface area contributed by atoms with E-state index in [1.807, 2.05) is 24.3 Å². The lowest BCUT2D eigenvalue weighted by Crippen LogP contribution is -2.04. The van der Waals surface area contributed by atoms with Crippen molar-refractivity contribution in [2.75, 3.05) is 0 Å². The minimum Gasteiger partial charge on any atom is -0.489 e. The molecule has 1 aliphatic carbocycles. The standard InChI is InChI=1S/C21H24O2/c1-16(22)18-11-13-21(14-12-18)23-15-17-7-9-20(10-8-17)19-5-3-2-4-6-19/h7-14,19H,2-6,15H2,1H3. The van der Waals surface area contributed by atoms with Crippen LogP contribution in [0.1, 0.15) is 66.4 Å². The topological polar surface area (TPSA) is 26.3 Å². The Labute approximate surface area is 138 Å². The lowest BCUT2D eigenvalue weighted by molar-refractivity contribution is 0.101. The van der Waals surface area contributed by atoms with Crippen molar-refractivity contribution in [1.82, 2.24) is 0 Å². The number of hydrogen-bond acceptors (Lipinski definition) is 2. The van der Waals surface area contributed by atoms with E-state index in [1.165, 1.54) is 43.2 Å². The summed E-state index contributed by atoms with van der Waals surface area (Å²) in [4.78, 5) is 11.3. The second-order valence-corrected chi connectivity index (χ2v) is 6.45. The van der Waals surface area contributed by atoms with Gasteiger partial charge in [-0.15, -0.1) is 0 Å². The van der Waals surface area contributed by atoms with Crippen LogP contribution in [-0.2, 0) is 6.61 Å². The van der Waals surface area contributed by atoms with Crippen molar-refractivity contribution >= 4 is 5.78 Å². The first-order chi connectivity index (χ1) is 11.2. The van der Waals surface area contributed by atoms with Crippen LogP contribution >= 0.6 is 0 Å². The maximum absolute atomic E-state index is 11.3. The van der Waals surface area contributed by atoms with Gasteiger partial charge in [0.15, 0.2) is 5.78 Å². The zero-order valence-electron chi connectivity index (χ0n) is 13.8. The summed E-state index contributed by atoms with van der Waals surface area (Å²) in [5, 5.41) is 0. The van der Waals surface area contributed by atoms with Gasteiger partial charge in [0.25, 0.3) is 0 Å². The van der Waals surface area contributed by atoms with Crippen molar-refractivity contribution < 1.29 is 9.53 Å². The molecular weight excluding hydrogens is 284 g/mol. The summed E-state index contributed by atoms with van der Waals surface area (Å²) in [5.41, 5.74) is 3.37. The van der Waals surface area contributed by atoms with Crippen LogP contribution in [0.25, 0.3) is 0 Å². The van der Waals surface area contributed by atoms with E-state index in [2.05, 4.69) is 24.3 Å². The van der Waals surface area contributed by atoms with Gasteiger partial charge in [-0.3, -0.25) is 4.79 Å². The molecule has 0 N–H and O–H groups in total. The predicted molar refractivity (Wildman–Crippen MR) is 93.0 cm³/mol. The number of carbonyl (C=O) groups excluding carboxylic acids is 1. The number of hydrogen-bond donors (Lipinski definition) is 0. The van der Waals surface area contributed by atoms with Gasteiger partial charge in [-0.1, -0.05) is 43.5 Å². The Bertz CT molecular complexity index is 635. The van der Waals surface area contributed by atoms with Gasteiger partial charge < -0.3 is 4.74 Å². The minimum absolute atomic E-state index is 0.0786. The van der Waals surface area contributed by atoms with Crippen LogP contribution < -0.4 is 4.74 Å². The molecule has 0 unspecified atom stereocenters. The number of rotatable bonds is 5. The quantitative estimate of drug-likeness (QED) is 0.680. The highest BCUT2D eigenvalue weighted by Gasteiger charge is 2.15. The van der Waals surface area contributed by atoms with Crippen molar-refractivity contribution in [3.05, 3.63) is 65.2 Å². The third-order valence-electron chi connectivity index (χ3n) is 4.72. The van der Waals surface area contributed by atoms with Crippen molar-refractivity contribution in [2.24, 2.45) is 0 Å². The van der Waals surface area contributed by atoms with Crippen molar-refractivity contribution in [3.63, 3.8) is 0 Å². The van der Waals surface area contributed by atoms with Crippen LogP contribution in [-0.4, -0.2) is 5.78 Å². The normalized spacial score (nSPS) is 15.3. The average molecular weight is 308 g/mol. The largest absolute Gasteiger partial charge is 0.489 e. The summed E-state index contributed by atoms with van der Waals surface area (Å²) in [6.07, 6.45) is 6.79. The summed E-state index contributed by atoms with van der Waals surface area (Å²) in [7, 11) is 0. The molecule has 2 heteroatoms. The Morgan fingerprint density at radius 2 is 1.61 bits per heavy atom. The molecule has 2 nitrogen and oxygen atoms in total. The van der Waals surface area contributed by atoms with E-state index in [9.17, 15) is 4.79 Å². The van der Waals surface area contributed by atoms with Crippen LogP contribution in [0.4, 0.5) is 0 Å². The first-order valence-electron chi connectivity index (χ1n) is 8.55. The highest BCUT2D eigenvalue weighted by molar-refractivity contribution is 5.94. The van der Waals surface area contributed by atoms with Gasteiger partial charge in [-0.2, -0.15) is 0 Å². The summed E-state index contributed by atoms with van der Waals surface area (Å²) in [5.74, 6) is 1.62. The number of benzene rings is 2. The van der Waals surface area contributed by atoms with Crippen molar-refractivity contribution in [1.29, 1.82) is 0 Å². The molecule has 0 bridgehead atoms. The number of ether oxygens (including phenoxy) is 1. The fourth-order valence-corrected chi connectivity index (χ4v) is 3.27. The third kappa shape index (κ3) is 4.22. The molecule has 2 aromatic rings. The molecule has 0 spiro atoms. The van der Waals surface area contributed by atoms with E-state index in [4.69, 9.17) is 4.74 Å². The summed E-state index contributed by atoms with van der Waals surface area (Å²) in [6.45, 7) is 2.13. The maximum Gasteiger partial charge on any atom is 0.159 e. The fourth-order valence-electron chi connectivity index (χ4n) is 3.27. The molecular formula is C21H24O2. The van der Waals surface area contributed by atoms with Gasteiger partial charge in [0.1, 0.15) is 12.4 Å². The molecule has 0 aliphatic heterocycles. The molecule has 1 aliphatic rings. The van der Waals surface area contributed by atoms with Gasteiger partial charge in [0.2, 0.25) is 0 Å². The molecule has 1 fully saturated rings. The minimum atomic E-state index is 0.0786. The molecule has 1 saturated carbocycles. The lowest BCUT2D eigenvalue weighted by atomic mass is 9.84. The molecule has 0 amide bonds. The third-order valence-corrected chi connectivity index (χ3v) is 4.72. The molecule has 0 atom stereocenters. The van der Waals surface area contributed by atoms with Crippen molar-refractivity contribution in [2.45, 2.75) is 51.6 Å². The molecule has 0 heterocycles. The van der Waals surface area contributed by atoms with Gasteiger partial charge in [-0.25, -0.2) is 0 Å². The Morgan fingerprint density at radius 1 is 0.957 bits per heavy atom. The van der Waals surface area contributed by atoms with Gasteiger partial charge >= 0.3 is 0 Å². The second-order valence-electron chi connectivity index (χ2n) is 6.45. The molecule has 120 valence electrons. The highest BCUT2D eigenvalue weighted by atomic mass is 16.5. The van der Waals surface area contributed by atoms with Crippen LogP contribution in [0.2, 0.25) is 0 Å². The van der Waals surface area contributed by atoms with E-state index in [0.717, 1.165) is 11.7 Å². The summed E-state index contributed by atoms with van der Waals surface area (Å²) < 4.78 is 5.80. The zero-order valence-corrected chi connectivity index (χ0v) is 13.8.